The van der Waals surface area contributed by atoms with Crippen molar-refractivity contribution in [2.24, 2.45) is 11.7 Å². The Labute approximate surface area is 197 Å². The number of benzene rings is 2. The highest BCUT2D eigenvalue weighted by Gasteiger charge is 2.35. The summed E-state index contributed by atoms with van der Waals surface area (Å²) in [5.74, 6) is 0.867. The molecule has 0 aliphatic carbocycles. The van der Waals surface area contributed by atoms with Crippen LogP contribution in [0.15, 0.2) is 42.5 Å². The van der Waals surface area contributed by atoms with E-state index in [0.717, 1.165) is 62.0 Å². The van der Waals surface area contributed by atoms with Gasteiger partial charge < -0.3 is 25.8 Å². The highest BCUT2D eigenvalue weighted by molar-refractivity contribution is 5.94. The number of aryl methyl sites for hydroxylation is 1. The van der Waals surface area contributed by atoms with Crippen LogP contribution in [0.1, 0.15) is 59.3 Å². The van der Waals surface area contributed by atoms with Crippen molar-refractivity contribution in [2.75, 3.05) is 26.2 Å². The van der Waals surface area contributed by atoms with Crippen molar-refractivity contribution >= 4 is 5.91 Å². The molecule has 2 aromatic carbocycles. The zero-order valence-electron chi connectivity index (χ0n) is 19.8. The number of carbonyl (C=O) groups is 1. The van der Waals surface area contributed by atoms with Crippen LogP contribution in [0.4, 0.5) is 0 Å². The Hall–Kier alpha value is -2.41. The molecule has 6 heteroatoms. The lowest BCUT2D eigenvalue weighted by Gasteiger charge is -2.40. The maximum absolute atomic E-state index is 12.3. The van der Waals surface area contributed by atoms with E-state index in [-0.39, 0.29) is 24.2 Å². The lowest BCUT2D eigenvalue weighted by Crippen LogP contribution is -2.43. The van der Waals surface area contributed by atoms with Gasteiger partial charge in [0.15, 0.2) is 0 Å². The molecule has 0 saturated carbocycles. The molecule has 2 aliphatic rings. The number of likely N-dealkylation sites (tertiary alicyclic amines) is 1. The molecular formula is C27H37N3O3. The van der Waals surface area contributed by atoms with E-state index in [1.165, 1.54) is 0 Å². The Morgan fingerprint density at radius 3 is 2.64 bits per heavy atom. The summed E-state index contributed by atoms with van der Waals surface area (Å²) in [7, 11) is 0. The van der Waals surface area contributed by atoms with Gasteiger partial charge in [-0.05, 0) is 75.4 Å². The zero-order valence-corrected chi connectivity index (χ0v) is 19.8. The largest absolute Gasteiger partial charge is 0.507 e. The molecule has 2 heterocycles. The number of hydrogen-bond donors (Lipinski definition) is 3. The summed E-state index contributed by atoms with van der Waals surface area (Å²) in [6.07, 6.45) is 3.80. The number of phenolic OH excluding ortho intramolecular Hbond substituents is 1. The molecule has 2 aliphatic heterocycles. The standard InChI is InChI=1S/C27H37N3O3/c1-18-8-9-22-23(26(18)31)16-24(33-25(22)17-28)20-11-14-30(15-12-20)13-10-19(2)29-27(32)21-6-4-3-5-7-21/h3-9,19-20,24-25,31H,10-17,28H2,1-2H3,(H,29,32). The summed E-state index contributed by atoms with van der Waals surface area (Å²) in [6.45, 7) is 7.48. The number of amides is 1. The quantitative estimate of drug-likeness (QED) is 0.599. The van der Waals surface area contributed by atoms with E-state index in [2.05, 4.69) is 23.2 Å². The van der Waals surface area contributed by atoms with Gasteiger partial charge in [-0.2, -0.15) is 0 Å². The number of nitrogens with one attached hydrogen (secondary N) is 1. The van der Waals surface area contributed by atoms with Gasteiger partial charge in [-0.15, -0.1) is 0 Å². The average Bonchev–Trinajstić information content (AvgIpc) is 2.85. The van der Waals surface area contributed by atoms with E-state index >= 15 is 0 Å². The lowest BCUT2D eigenvalue weighted by molar-refractivity contribution is -0.0647. The molecule has 0 radical (unpaired) electrons. The van der Waals surface area contributed by atoms with Gasteiger partial charge in [-0.1, -0.05) is 30.3 Å². The second kappa shape index (κ2) is 10.7. The first kappa shape index (κ1) is 23.7. The Morgan fingerprint density at radius 2 is 1.94 bits per heavy atom. The number of rotatable bonds is 7. The molecule has 2 aromatic rings. The summed E-state index contributed by atoms with van der Waals surface area (Å²) in [6, 6.07) is 13.5. The maximum atomic E-state index is 12.3. The van der Waals surface area contributed by atoms with Crippen LogP contribution in [0, 0.1) is 12.8 Å². The van der Waals surface area contributed by atoms with Gasteiger partial charge >= 0.3 is 0 Å². The highest BCUT2D eigenvalue weighted by Crippen LogP contribution is 2.40. The van der Waals surface area contributed by atoms with Gasteiger partial charge in [-0.25, -0.2) is 0 Å². The topological polar surface area (TPSA) is 87.8 Å². The molecular weight excluding hydrogens is 414 g/mol. The molecule has 1 fully saturated rings. The molecule has 33 heavy (non-hydrogen) atoms. The minimum atomic E-state index is -0.141. The minimum absolute atomic E-state index is 0.00974. The summed E-state index contributed by atoms with van der Waals surface area (Å²) >= 11 is 0. The fourth-order valence-corrected chi connectivity index (χ4v) is 5.17. The van der Waals surface area contributed by atoms with Gasteiger partial charge in [0.1, 0.15) is 5.75 Å². The van der Waals surface area contributed by atoms with E-state index in [9.17, 15) is 9.90 Å². The molecule has 0 spiro atoms. The van der Waals surface area contributed by atoms with Crippen LogP contribution in [0.5, 0.6) is 5.75 Å². The second-order valence-corrected chi connectivity index (χ2v) is 9.61. The number of ether oxygens (including phenoxy) is 1. The lowest BCUT2D eigenvalue weighted by atomic mass is 9.83. The Balaban J connectivity index is 1.26. The molecule has 178 valence electrons. The molecule has 0 bridgehead atoms. The van der Waals surface area contributed by atoms with Crippen molar-refractivity contribution in [1.82, 2.24) is 10.2 Å². The van der Waals surface area contributed by atoms with E-state index in [1.807, 2.05) is 43.3 Å². The minimum Gasteiger partial charge on any atom is -0.507 e. The Bertz CT molecular complexity index is 941. The summed E-state index contributed by atoms with van der Waals surface area (Å²) in [4.78, 5) is 14.8. The molecule has 3 atom stereocenters. The van der Waals surface area contributed by atoms with E-state index in [1.54, 1.807) is 0 Å². The fourth-order valence-electron chi connectivity index (χ4n) is 5.17. The van der Waals surface area contributed by atoms with Crippen LogP contribution in [0.25, 0.3) is 0 Å². The third kappa shape index (κ3) is 5.57. The number of aromatic hydroxyl groups is 1. The van der Waals surface area contributed by atoms with Crippen LogP contribution in [0.3, 0.4) is 0 Å². The van der Waals surface area contributed by atoms with Gasteiger partial charge in [-0.3, -0.25) is 4.79 Å². The SMILES string of the molecule is Cc1ccc2c(c1O)CC(C1CCN(CCC(C)NC(=O)c3ccccc3)CC1)OC2CN. The van der Waals surface area contributed by atoms with Crippen molar-refractivity contribution in [3.63, 3.8) is 0 Å². The number of nitrogens with two attached hydrogens (primary N) is 1. The number of piperidine rings is 1. The third-order valence-electron chi connectivity index (χ3n) is 7.28. The molecule has 4 rings (SSSR count). The molecule has 4 N–H and O–H groups in total. The Kier molecular flexibility index (Phi) is 7.68. The monoisotopic (exact) mass is 451 g/mol. The van der Waals surface area contributed by atoms with Gasteiger partial charge in [0.2, 0.25) is 0 Å². The second-order valence-electron chi connectivity index (χ2n) is 9.61. The number of phenols is 1. The molecule has 3 unspecified atom stereocenters. The van der Waals surface area contributed by atoms with Crippen molar-refractivity contribution in [3.8, 4) is 5.75 Å². The number of hydrogen-bond acceptors (Lipinski definition) is 5. The first-order chi connectivity index (χ1) is 16.0. The predicted octanol–water partition coefficient (Wildman–Crippen LogP) is 3.56. The van der Waals surface area contributed by atoms with Gasteiger partial charge in [0.05, 0.1) is 12.2 Å². The summed E-state index contributed by atoms with van der Waals surface area (Å²) < 4.78 is 6.41. The first-order valence-corrected chi connectivity index (χ1v) is 12.2. The van der Waals surface area contributed by atoms with Gasteiger partial charge in [0, 0.05) is 36.7 Å². The van der Waals surface area contributed by atoms with Gasteiger partial charge in [0.25, 0.3) is 5.91 Å². The van der Waals surface area contributed by atoms with E-state index in [4.69, 9.17) is 10.5 Å². The van der Waals surface area contributed by atoms with Crippen LogP contribution >= 0.6 is 0 Å². The van der Waals surface area contributed by atoms with Crippen molar-refractivity contribution < 1.29 is 14.6 Å². The summed E-state index contributed by atoms with van der Waals surface area (Å²) in [5.41, 5.74) is 9.69. The summed E-state index contributed by atoms with van der Waals surface area (Å²) in [5, 5.41) is 13.7. The average molecular weight is 452 g/mol. The van der Waals surface area contributed by atoms with E-state index < -0.39 is 0 Å². The van der Waals surface area contributed by atoms with Crippen LogP contribution < -0.4 is 11.1 Å². The van der Waals surface area contributed by atoms with Crippen molar-refractivity contribution in [3.05, 3.63) is 64.7 Å². The normalized spacial score (nSPS) is 22.5. The smallest absolute Gasteiger partial charge is 0.251 e. The van der Waals surface area contributed by atoms with Crippen LogP contribution in [0.2, 0.25) is 0 Å². The number of nitrogens with zero attached hydrogens (tertiary/aromatic N) is 1. The van der Waals surface area contributed by atoms with Crippen molar-refractivity contribution in [1.29, 1.82) is 0 Å². The zero-order chi connectivity index (χ0) is 23.4. The van der Waals surface area contributed by atoms with E-state index in [0.29, 0.717) is 23.8 Å². The number of carbonyl (C=O) groups excluding carboxylic acids is 1. The predicted molar refractivity (Wildman–Crippen MR) is 130 cm³/mol. The van der Waals surface area contributed by atoms with Crippen LogP contribution in [-0.4, -0.2) is 54.2 Å². The molecule has 1 saturated heterocycles. The van der Waals surface area contributed by atoms with Crippen LogP contribution in [-0.2, 0) is 11.2 Å². The van der Waals surface area contributed by atoms with Crippen molar-refractivity contribution in [2.45, 2.75) is 57.8 Å². The molecule has 6 nitrogen and oxygen atoms in total. The third-order valence-corrected chi connectivity index (χ3v) is 7.28. The Morgan fingerprint density at radius 1 is 1.21 bits per heavy atom. The molecule has 1 amide bonds. The first-order valence-electron chi connectivity index (χ1n) is 12.2. The maximum Gasteiger partial charge on any atom is 0.251 e. The fraction of sp³-hybridized carbons (Fsp3) is 0.519. The number of fused-ring (bicyclic) bond motifs is 1. The highest BCUT2D eigenvalue weighted by atomic mass is 16.5. The molecule has 0 aromatic heterocycles.